The molecule has 1 unspecified atom stereocenters. The summed E-state index contributed by atoms with van der Waals surface area (Å²) >= 11 is 0. The van der Waals surface area contributed by atoms with Crippen molar-refractivity contribution in [3.8, 4) is 0 Å². The van der Waals surface area contributed by atoms with Gasteiger partial charge in [0.2, 0.25) is 11.8 Å². The van der Waals surface area contributed by atoms with Crippen LogP contribution in [-0.2, 0) is 16.1 Å². The van der Waals surface area contributed by atoms with Gasteiger partial charge in [0.05, 0.1) is 0 Å². The molecule has 5 nitrogen and oxygen atoms in total. The number of nitrogens with zero attached hydrogens (tertiary/aromatic N) is 1. The number of hydrogen-bond donors (Lipinski definition) is 2. The normalized spacial score (nSPS) is 15.3. The number of rotatable bonds is 5. The molecule has 1 atom stereocenters. The van der Waals surface area contributed by atoms with Gasteiger partial charge < -0.3 is 16.0 Å². The number of benzene rings is 2. The molecule has 3 rings (SSSR count). The zero-order chi connectivity index (χ0) is 20.1. The third-order valence-electron chi connectivity index (χ3n) is 5.26. The topological polar surface area (TPSA) is 75.4 Å². The Kier molecular flexibility index (Phi) is 8.17. The van der Waals surface area contributed by atoms with Crippen molar-refractivity contribution in [2.75, 3.05) is 13.1 Å². The van der Waals surface area contributed by atoms with Gasteiger partial charge in [-0.1, -0.05) is 42.0 Å². The first-order chi connectivity index (χ1) is 13.4. The van der Waals surface area contributed by atoms with E-state index in [2.05, 4.69) is 5.32 Å². The third kappa shape index (κ3) is 6.02. The minimum Gasteiger partial charge on any atom is -0.352 e. The highest BCUT2D eigenvalue weighted by molar-refractivity contribution is 5.85. The smallest absolute Gasteiger partial charge is 0.244 e. The largest absolute Gasteiger partial charge is 0.352 e. The lowest BCUT2D eigenvalue weighted by Crippen LogP contribution is -2.46. The van der Waals surface area contributed by atoms with E-state index in [-0.39, 0.29) is 36.0 Å². The average Bonchev–Trinajstić information content (AvgIpc) is 2.73. The van der Waals surface area contributed by atoms with Crippen LogP contribution in [0.2, 0.25) is 0 Å². The quantitative estimate of drug-likeness (QED) is 0.781. The zero-order valence-electron chi connectivity index (χ0n) is 16.4. The summed E-state index contributed by atoms with van der Waals surface area (Å²) in [5, 5.41) is 2.90. The van der Waals surface area contributed by atoms with Gasteiger partial charge in [-0.05, 0) is 43.0 Å². The number of likely N-dealkylation sites (tertiary alicyclic amines) is 1. The molecule has 0 aromatic heterocycles. The van der Waals surface area contributed by atoms with E-state index in [0.717, 1.165) is 16.7 Å². The second kappa shape index (κ2) is 10.4. The van der Waals surface area contributed by atoms with Gasteiger partial charge in [-0.15, -0.1) is 12.4 Å². The minimum atomic E-state index is -0.676. The summed E-state index contributed by atoms with van der Waals surface area (Å²) in [6.45, 7) is 3.40. The maximum atomic E-state index is 12.9. The van der Waals surface area contributed by atoms with Crippen LogP contribution in [-0.4, -0.2) is 29.8 Å². The Morgan fingerprint density at radius 2 is 1.69 bits per heavy atom. The highest BCUT2D eigenvalue weighted by Crippen LogP contribution is 2.21. The lowest BCUT2D eigenvalue weighted by Gasteiger charge is -2.33. The Labute approximate surface area is 176 Å². The molecule has 1 saturated heterocycles. The molecule has 0 spiro atoms. The second-order valence-electron chi connectivity index (χ2n) is 7.33. The lowest BCUT2D eigenvalue weighted by atomic mass is 9.94. The van der Waals surface area contributed by atoms with Crippen molar-refractivity contribution in [3.05, 3.63) is 71.0 Å². The van der Waals surface area contributed by atoms with Gasteiger partial charge in [-0.2, -0.15) is 0 Å². The molecular weight excluding hydrogens is 393 g/mol. The number of carbonyl (C=O) groups is 2. The number of nitrogens with one attached hydrogen (secondary N) is 1. The Bertz CT molecular complexity index is 819. The number of halogens is 2. The van der Waals surface area contributed by atoms with E-state index in [4.69, 9.17) is 5.73 Å². The van der Waals surface area contributed by atoms with Crippen LogP contribution in [0.15, 0.2) is 48.5 Å². The fourth-order valence-electron chi connectivity index (χ4n) is 3.41. The van der Waals surface area contributed by atoms with Crippen molar-refractivity contribution in [2.45, 2.75) is 32.4 Å². The SMILES string of the molecule is Cc1ccc(C(N)C(=O)N2CCC(C(=O)NCc3ccc(F)cc3)CC2)cc1.Cl. The molecule has 1 aliphatic heterocycles. The molecule has 1 fully saturated rings. The Morgan fingerprint density at radius 3 is 2.28 bits per heavy atom. The van der Waals surface area contributed by atoms with Gasteiger partial charge in [0.1, 0.15) is 11.9 Å². The fraction of sp³-hybridized carbons (Fsp3) is 0.364. The minimum absolute atomic E-state index is 0. The third-order valence-corrected chi connectivity index (χ3v) is 5.26. The van der Waals surface area contributed by atoms with Gasteiger partial charge in [0, 0.05) is 25.6 Å². The molecule has 7 heteroatoms. The van der Waals surface area contributed by atoms with Crippen molar-refractivity contribution < 1.29 is 14.0 Å². The molecule has 1 aliphatic rings. The van der Waals surface area contributed by atoms with Crippen LogP contribution in [0.3, 0.4) is 0 Å². The first-order valence-electron chi connectivity index (χ1n) is 9.57. The molecule has 1 heterocycles. The van der Waals surface area contributed by atoms with E-state index in [1.165, 1.54) is 12.1 Å². The van der Waals surface area contributed by atoms with E-state index in [0.29, 0.717) is 32.5 Å². The Hall–Kier alpha value is -2.44. The predicted molar refractivity (Wildman–Crippen MR) is 113 cm³/mol. The highest BCUT2D eigenvalue weighted by atomic mass is 35.5. The first-order valence-corrected chi connectivity index (χ1v) is 9.57. The first kappa shape index (κ1) is 22.8. The van der Waals surface area contributed by atoms with E-state index in [1.54, 1.807) is 17.0 Å². The van der Waals surface area contributed by atoms with Crippen LogP contribution in [0.1, 0.15) is 35.6 Å². The molecule has 29 heavy (non-hydrogen) atoms. The van der Waals surface area contributed by atoms with Crippen LogP contribution in [0.25, 0.3) is 0 Å². The molecule has 0 bridgehead atoms. The summed E-state index contributed by atoms with van der Waals surface area (Å²) in [6.07, 6.45) is 1.23. The number of carbonyl (C=O) groups excluding carboxylic acids is 2. The van der Waals surface area contributed by atoms with Crippen molar-refractivity contribution in [1.29, 1.82) is 0 Å². The lowest BCUT2D eigenvalue weighted by molar-refractivity contribution is -0.136. The van der Waals surface area contributed by atoms with Crippen molar-refractivity contribution >= 4 is 24.2 Å². The standard InChI is InChI=1S/C22H26FN3O2.ClH/c1-15-2-6-17(7-3-15)20(24)22(28)26-12-10-18(11-13-26)21(27)25-14-16-4-8-19(23)9-5-16;/h2-9,18,20H,10-14,24H2,1H3,(H,25,27);1H. The van der Waals surface area contributed by atoms with Crippen molar-refractivity contribution in [2.24, 2.45) is 11.7 Å². The number of amides is 2. The van der Waals surface area contributed by atoms with E-state index in [9.17, 15) is 14.0 Å². The highest BCUT2D eigenvalue weighted by Gasteiger charge is 2.29. The van der Waals surface area contributed by atoms with E-state index in [1.807, 2.05) is 31.2 Å². The van der Waals surface area contributed by atoms with Gasteiger partial charge in [-0.25, -0.2) is 4.39 Å². The summed E-state index contributed by atoms with van der Waals surface area (Å²) in [4.78, 5) is 26.8. The van der Waals surface area contributed by atoms with Crippen LogP contribution >= 0.6 is 12.4 Å². The molecule has 2 amide bonds. The summed E-state index contributed by atoms with van der Waals surface area (Å²) in [7, 11) is 0. The molecule has 2 aromatic carbocycles. The van der Waals surface area contributed by atoms with Crippen LogP contribution in [0.4, 0.5) is 4.39 Å². The molecule has 3 N–H and O–H groups in total. The summed E-state index contributed by atoms with van der Waals surface area (Å²) in [5.74, 6) is -0.552. The van der Waals surface area contributed by atoms with Crippen molar-refractivity contribution in [1.82, 2.24) is 10.2 Å². The Balaban J connectivity index is 0.00000300. The van der Waals surface area contributed by atoms with Gasteiger partial charge in [-0.3, -0.25) is 9.59 Å². The van der Waals surface area contributed by atoms with E-state index >= 15 is 0 Å². The van der Waals surface area contributed by atoms with Gasteiger partial charge in [0.15, 0.2) is 0 Å². The Morgan fingerprint density at radius 1 is 1.10 bits per heavy atom. The molecule has 0 radical (unpaired) electrons. The summed E-state index contributed by atoms with van der Waals surface area (Å²) in [5.41, 5.74) is 8.91. The summed E-state index contributed by atoms with van der Waals surface area (Å²) < 4.78 is 12.9. The van der Waals surface area contributed by atoms with Gasteiger partial charge in [0.25, 0.3) is 0 Å². The molecular formula is C22H27ClFN3O2. The number of piperidine rings is 1. The molecule has 0 aliphatic carbocycles. The maximum Gasteiger partial charge on any atom is 0.244 e. The molecule has 0 saturated carbocycles. The van der Waals surface area contributed by atoms with E-state index < -0.39 is 6.04 Å². The monoisotopic (exact) mass is 419 g/mol. The van der Waals surface area contributed by atoms with Crippen LogP contribution in [0.5, 0.6) is 0 Å². The predicted octanol–water partition coefficient (Wildman–Crippen LogP) is 3.11. The molecule has 2 aromatic rings. The van der Waals surface area contributed by atoms with Crippen molar-refractivity contribution in [3.63, 3.8) is 0 Å². The number of aryl methyl sites for hydroxylation is 1. The second-order valence-corrected chi connectivity index (χ2v) is 7.33. The summed E-state index contributed by atoms with van der Waals surface area (Å²) in [6, 6.07) is 13.0. The zero-order valence-corrected chi connectivity index (χ0v) is 17.3. The van der Waals surface area contributed by atoms with Crippen LogP contribution in [0, 0.1) is 18.7 Å². The number of hydrogen-bond acceptors (Lipinski definition) is 3. The fourth-order valence-corrected chi connectivity index (χ4v) is 3.41. The average molecular weight is 420 g/mol. The van der Waals surface area contributed by atoms with Crippen LogP contribution < -0.4 is 11.1 Å². The number of nitrogens with two attached hydrogens (primary N) is 1. The van der Waals surface area contributed by atoms with Gasteiger partial charge >= 0.3 is 0 Å². The maximum absolute atomic E-state index is 12.9. The molecule has 156 valence electrons.